The van der Waals surface area contributed by atoms with Crippen LogP contribution in [0.3, 0.4) is 0 Å². The zero-order valence-electron chi connectivity index (χ0n) is 32.5. The fourth-order valence-corrected chi connectivity index (χ4v) is 6.46. The van der Waals surface area contributed by atoms with Crippen LogP contribution in [0.5, 0.6) is 5.75 Å². The Morgan fingerprint density at radius 2 is 1.38 bits per heavy atom. The fraction of sp³-hybridized carbons (Fsp3) is 0.211. The number of anilines is 1. The number of methoxy groups -OCH3 is 1. The number of hydrogen-bond acceptors (Lipinski definition) is 11. The number of hydrogen-bond donors (Lipinski definition) is 4. The minimum absolute atomic E-state index is 0.234. The predicted octanol–water partition coefficient (Wildman–Crippen LogP) is 4.47. The van der Waals surface area contributed by atoms with E-state index in [0.717, 1.165) is 46.2 Å². The third kappa shape index (κ3) is 11.5. The van der Waals surface area contributed by atoms with Crippen LogP contribution >= 0.6 is 11.6 Å². The van der Waals surface area contributed by atoms with Crippen molar-refractivity contribution in [1.29, 1.82) is 0 Å². The summed E-state index contributed by atoms with van der Waals surface area (Å²) in [4.78, 5) is 53.4. The van der Waals surface area contributed by atoms with Crippen molar-refractivity contribution < 1.29 is 35.9 Å². The number of sulfonamides is 1. The molecule has 0 radical (unpaired) electrons. The molecule has 5 N–H and O–H groups in total. The molecule has 3 heterocycles. The third-order valence-corrected chi connectivity index (χ3v) is 9.78. The molecule has 17 nitrogen and oxygen atoms in total. The van der Waals surface area contributed by atoms with Crippen LogP contribution in [0, 0.1) is 13.8 Å². The summed E-state index contributed by atoms with van der Waals surface area (Å²) in [5.74, 6) is 3.59. The van der Waals surface area contributed by atoms with Gasteiger partial charge in [-0.2, -0.15) is 4.83 Å². The van der Waals surface area contributed by atoms with Crippen molar-refractivity contribution >= 4 is 60.1 Å². The molecular weight excluding hydrogens is 814 g/mol. The summed E-state index contributed by atoms with van der Waals surface area (Å²) in [6.45, 7) is 3.79. The first-order chi connectivity index (χ1) is 27.1. The number of sulfone groups is 1. The first-order valence-corrected chi connectivity index (χ1v) is 21.3. The van der Waals surface area contributed by atoms with E-state index in [4.69, 9.17) is 21.1 Å². The predicted molar refractivity (Wildman–Crippen MR) is 223 cm³/mol. The number of nitrogens with two attached hydrogens (primary N) is 1. The van der Waals surface area contributed by atoms with Crippen LogP contribution in [0.1, 0.15) is 21.5 Å². The number of carbonyl (C=O) groups excluding carboxylic acids is 2. The van der Waals surface area contributed by atoms with Gasteiger partial charge in [-0.05, 0) is 97.8 Å². The number of aromatic nitrogens is 4. The second-order valence-electron chi connectivity index (χ2n) is 13.0. The fourth-order valence-electron chi connectivity index (χ4n) is 5.63. The molecule has 0 saturated carbocycles. The summed E-state index contributed by atoms with van der Waals surface area (Å²) < 4.78 is 57.2. The molecule has 0 aliphatic heterocycles. The SMILES string of the molecule is COC(=O)c1cc(-c2cccn2C)c(C)cc1NC(=O)Oc1ccc(Cl)cc1.CS(=O)(=O)NN.Cc1cc2[nH]c(=O)n(CS(C)(=O)=O)c(=O)c2cc1-c1cccn1C. The quantitative estimate of drug-likeness (QED) is 0.0947. The average Bonchev–Trinajstić information content (AvgIpc) is 3.77. The van der Waals surface area contributed by atoms with E-state index < -0.39 is 49.0 Å². The van der Waals surface area contributed by atoms with Crippen molar-refractivity contribution in [3.8, 4) is 28.3 Å². The van der Waals surface area contributed by atoms with Crippen LogP contribution in [0.15, 0.2) is 94.8 Å². The molecule has 58 heavy (non-hydrogen) atoms. The molecule has 308 valence electrons. The maximum Gasteiger partial charge on any atom is 0.417 e. The molecule has 0 atom stereocenters. The van der Waals surface area contributed by atoms with Gasteiger partial charge in [-0.3, -0.25) is 16.0 Å². The monoisotopic (exact) mass is 855 g/mol. The van der Waals surface area contributed by atoms with Crippen molar-refractivity contribution in [1.82, 2.24) is 23.5 Å². The number of amides is 1. The topological polar surface area (TPSA) is 236 Å². The van der Waals surface area contributed by atoms with Crippen molar-refractivity contribution in [2.45, 2.75) is 19.7 Å². The van der Waals surface area contributed by atoms with Crippen molar-refractivity contribution in [2.75, 3.05) is 24.9 Å². The maximum absolute atomic E-state index is 12.6. The summed E-state index contributed by atoms with van der Waals surface area (Å²) in [5.41, 5.74) is 4.96. The van der Waals surface area contributed by atoms with E-state index in [1.807, 2.05) is 73.7 Å². The zero-order chi connectivity index (χ0) is 43.1. The number of aromatic amines is 1. The molecule has 6 rings (SSSR count). The first-order valence-electron chi connectivity index (χ1n) is 17.0. The summed E-state index contributed by atoms with van der Waals surface area (Å²) in [6.07, 6.45) is 5.05. The lowest BCUT2D eigenvalue weighted by atomic mass is 10.00. The molecule has 0 bridgehead atoms. The lowest BCUT2D eigenvalue weighted by Crippen LogP contribution is -2.37. The molecule has 0 fully saturated rings. The number of nitrogens with one attached hydrogen (secondary N) is 3. The molecule has 0 saturated heterocycles. The highest BCUT2D eigenvalue weighted by Gasteiger charge is 2.20. The van der Waals surface area contributed by atoms with Crippen molar-refractivity contribution in [2.24, 2.45) is 19.9 Å². The zero-order valence-corrected chi connectivity index (χ0v) is 34.9. The Bertz CT molecular complexity index is 2830. The molecule has 0 unspecified atom stereocenters. The number of H-pyrrole nitrogens is 1. The van der Waals surface area contributed by atoms with Gasteiger partial charge in [0.1, 0.15) is 11.6 Å². The molecule has 0 aliphatic rings. The smallest absolute Gasteiger partial charge is 0.417 e. The number of hydrazine groups is 1. The number of carbonyl (C=O) groups is 2. The van der Waals surface area contributed by atoms with Crippen LogP contribution in [0.4, 0.5) is 10.5 Å². The number of benzene rings is 3. The molecule has 20 heteroatoms. The summed E-state index contributed by atoms with van der Waals surface area (Å²) in [7, 11) is -1.55. The highest BCUT2D eigenvalue weighted by Crippen LogP contribution is 2.31. The van der Waals surface area contributed by atoms with Gasteiger partial charge in [0.2, 0.25) is 10.0 Å². The van der Waals surface area contributed by atoms with E-state index in [1.54, 1.807) is 53.4 Å². The van der Waals surface area contributed by atoms with Crippen molar-refractivity contribution in [3.05, 3.63) is 128 Å². The number of halogens is 1. The molecule has 6 aromatic rings. The number of ether oxygens (including phenoxy) is 2. The first kappa shape index (κ1) is 44.7. The number of rotatable bonds is 8. The van der Waals surface area contributed by atoms with Crippen LogP contribution in [0.25, 0.3) is 33.4 Å². The number of nitrogens with zero attached hydrogens (tertiary/aromatic N) is 3. The Morgan fingerprint density at radius 3 is 1.86 bits per heavy atom. The van der Waals surface area contributed by atoms with E-state index >= 15 is 0 Å². The Kier molecular flexibility index (Phi) is 14.3. The summed E-state index contributed by atoms with van der Waals surface area (Å²) in [6, 6.07) is 20.9. The van der Waals surface area contributed by atoms with Crippen LogP contribution in [-0.4, -0.2) is 67.2 Å². The Hall–Kier alpha value is -5.99. The van der Waals surface area contributed by atoms with Gasteiger partial charge in [0, 0.05) is 60.3 Å². The highest BCUT2D eigenvalue weighted by molar-refractivity contribution is 7.89. The Morgan fingerprint density at radius 1 is 0.845 bits per heavy atom. The second-order valence-corrected chi connectivity index (χ2v) is 17.3. The molecule has 3 aromatic carbocycles. The molecule has 1 amide bonds. The van der Waals surface area contributed by atoms with E-state index in [1.165, 1.54) is 7.11 Å². The summed E-state index contributed by atoms with van der Waals surface area (Å²) >= 11 is 5.83. The number of esters is 1. The van der Waals surface area contributed by atoms with Gasteiger partial charge < -0.3 is 23.6 Å². The Labute approximate surface area is 338 Å². The lowest BCUT2D eigenvalue weighted by molar-refractivity contribution is 0.0602. The number of fused-ring (bicyclic) bond motifs is 1. The van der Waals surface area contributed by atoms with Gasteiger partial charge in [0.25, 0.3) is 5.56 Å². The molecule has 3 aromatic heterocycles. The summed E-state index contributed by atoms with van der Waals surface area (Å²) in [5, 5.41) is 3.43. The van der Waals surface area contributed by atoms with Gasteiger partial charge in [-0.15, -0.1) is 0 Å². The second kappa shape index (κ2) is 18.5. The molecular formula is C38H42ClN7O10S2. The molecule has 0 aliphatic carbocycles. The van der Waals surface area contributed by atoms with Gasteiger partial charge in [-0.1, -0.05) is 11.6 Å². The minimum atomic E-state index is -3.52. The Balaban J connectivity index is 0.000000227. The van der Waals surface area contributed by atoms with Gasteiger partial charge in [0.05, 0.1) is 35.5 Å². The van der Waals surface area contributed by atoms with Crippen LogP contribution in [-0.2, 0) is 44.6 Å². The maximum atomic E-state index is 12.6. The lowest BCUT2D eigenvalue weighted by Gasteiger charge is -2.15. The van der Waals surface area contributed by atoms with Gasteiger partial charge >= 0.3 is 17.8 Å². The van der Waals surface area contributed by atoms with Crippen LogP contribution in [0.2, 0.25) is 5.02 Å². The molecule has 0 spiro atoms. The highest BCUT2D eigenvalue weighted by atomic mass is 35.5. The van der Waals surface area contributed by atoms with Gasteiger partial charge in [-0.25, -0.2) is 35.8 Å². The van der Waals surface area contributed by atoms with Gasteiger partial charge in [0.15, 0.2) is 9.84 Å². The van der Waals surface area contributed by atoms with E-state index in [2.05, 4.69) is 16.1 Å². The van der Waals surface area contributed by atoms with Crippen molar-refractivity contribution in [3.63, 3.8) is 0 Å². The number of aryl methyl sites for hydroxylation is 4. The van der Waals surface area contributed by atoms with E-state index in [-0.39, 0.29) is 10.9 Å². The minimum Gasteiger partial charge on any atom is -0.465 e. The average molecular weight is 856 g/mol. The van der Waals surface area contributed by atoms with Crippen LogP contribution < -0.4 is 32.0 Å². The largest absolute Gasteiger partial charge is 0.465 e. The van der Waals surface area contributed by atoms with E-state index in [9.17, 15) is 36.0 Å². The van der Waals surface area contributed by atoms with E-state index in [0.29, 0.717) is 26.5 Å². The third-order valence-electron chi connectivity index (χ3n) is 8.37. The standard InChI is InChI=1S/C21H19ClN2O4.C16H17N3O4S.CH6N2O2S/c1-13-11-18(23-21(26)28-15-8-6-14(22)7-9-15)17(20(25)27-3)12-16(13)19-5-4-10-24(19)2;1-10-7-13-12(8-11(10)14-5-4-6-18(14)2)15(20)19(16(21)17-13)9-24(3,22)23;1-6(4,5)3-2/h4-12H,1-3H3,(H,23,26);4-8H,9H2,1-3H3,(H,17,21);3H,2H2,1H3. The normalized spacial score (nSPS) is 11.2.